The van der Waals surface area contributed by atoms with Gasteiger partial charge in [0.2, 0.25) is 0 Å². The molecule has 1 heterocycles. The van der Waals surface area contributed by atoms with E-state index in [2.05, 4.69) is 0 Å². The molecule has 0 saturated carbocycles. The fraction of sp³-hybridized carbons (Fsp3) is 0.538. The molecular weight excluding hydrogens is 305 g/mol. The van der Waals surface area contributed by atoms with Gasteiger partial charge in [-0.15, -0.1) is 0 Å². The molecule has 0 amide bonds. The van der Waals surface area contributed by atoms with E-state index in [9.17, 15) is 21.6 Å². The van der Waals surface area contributed by atoms with Crippen LogP contribution in [0.15, 0.2) is 23.1 Å². The van der Waals surface area contributed by atoms with Crippen molar-refractivity contribution in [3.05, 3.63) is 18.2 Å². The number of nitrogens with zero attached hydrogens (tertiary/aromatic N) is 1. The zero-order valence-electron chi connectivity index (χ0n) is 11.5. The van der Waals surface area contributed by atoms with Crippen molar-refractivity contribution < 1.29 is 21.6 Å². The van der Waals surface area contributed by atoms with Crippen molar-refractivity contribution in [1.29, 1.82) is 0 Å². The Labute approximate surface area is 121 Å². The van der Waals surface area contributed by atoms with E-state index in [0.717, 1.165) is 6.26 Å². The van der Waals surface area contributed by atoms with Crippen LogP contribution < -0.4 is 10.6 Å². The molecule has 2 N–H and O–H groups in total. The maximum atomic E-state index is 12.8. The van der Waals surface area contributed by atoms with Crippen molar-refractivity contribution in [3.63, 3.8) is 0 Å². The Morgan fingerprint density at radius 2 is 2.00 bits per heavy atom. The summed E-state index contributed by atoms with van der Waals surface area (Å²) in [4.78, 5) is 1.47. The van der Waals surface area contributed by atoms with Gasteiger partial charge in [0, 0.05) is 19.3 Å². The van der Waals surface area contributed by atoms with E-state index in [0.29, 0.717) is 18.7 Å². The monoisotopic (exact) mass is 322 g/mol. The smallest absolute Gasteiger partial charge is 0.393 e. The molecule has 1 atom stereocenters. The van der Waals surface area contributed by atoms with Crippen LogP contribution in [0.3, 0.4) is 0 Å². The third-order valence-corrected chi connectivity index (χ3v) is 4.82. The normalized spacial score (nSPS) is 20.6. The van der Waals surface area contributed by atoms with Crippen LogP contribution in [0.4, 0.5) is 24.5 Å². The summed E-state index contributed by atoms with van der Waals surface area (Å²) in [5.74, 6) is -1.41. The number of nitrogens with two attached hydrogens (primary N) is 1. The highest BCUT2D eigenvalue weighted by molar-refractivity contribution is 7.90. The van der Waals surface area contributed by atoms with E-state index >= 15 is 0 Å². The third-order valence-electron chi connectivity index (χ3n) is 3.67. The summed E-state index contributed by atoms with van der Waals surface area (Å²) in [6.45, 7) is 0.241. The fourth-order valence-corrected chi connectivity index (χ4v) is 3.42. The van der Waals surface area contributed by atoms with Gasteiger partial charge in [-0.2, -0.15) is 13.2 Å². The zero-order chi connectivity index (χ0) is 15.8. The van der Waals surface area contributed by atoms with Gasteiger partial charge in [-0.1, -0.05) is 6.07 Å². The van der Waals surface area contributed by atoms with Gasteiger partial charge in [0.15, 0.2) is 9.84 Å². The Hall–Kier alpha value is -1.44. The Balaban J connectivity index is 2.35. The number of halogens is 3. The van der Waals surface area contributed by atoms with E-state index < -0.39 is 21.9 Å². The van der Waals surface area contributed by atoms with E-state index in [1.807, 2.05) is 0 Å². The van der Waals surface area contributed by atoms with Crippen molar-refractivity contribution in [3.8, 4) is 0 Å². The second-order valence-electron chi connectivity index (χ2n) is 5.29. The highest BCUT2D eigenvalue weighted by Gasteiger charge is 2.42. The summed E-state index contributed by atoms with van der Waals surface area (Å²) in [6.07, 6.45) is -2.74. The molecule has 0 radical (unpaired) electrons. The minimum atomic E-state index is -4.25. The first-order valence-electron chi connectivity index (χ1n) is 6.51. The van der Waals surface area contributed by atoms with Crippen LogP contribution >= 0.6 is 0 Å². The molecule has 1 aromatic carbocycles. The lowest BCUT2D eigenvalue weighted by molar-refractivity contribution is -0.175. The molecule has 1 unspecified atom stereocenters. The van der Waals surface area contributed by atoms with E-state index in [1.165, 1.54) is 17.0 Å². The van der Waals surface area contributed by atoms with Gasteiger partial charge in [-0.3, -0.25) is 0 Å². The number of nitrogen functional groups attached to an aromatic ring is 1. The lowest BCUT2D eigenvalue weighted by Gasteiger charge is -2.36. The van der Waals surface area contributed by atoms with Gasteiger partial charge in [-0.25, -0.2) is 8.42 Å². The average molecular weight is 322 g/mol. The van der Waals surface area contributed by atoms with Crippen LogP contribution in [0.25, 0.3) is 0 Å². The van der Waals surface area contributed by atoms with Gasteiger partial charge < -0.3 is 10.6 Å². The number of alkyl halides is 3. The molecule has 1 saturated heterocycles. The van der Waals surface area contributed by atoms with E-state index in [1.54, 1.807) is 6.07 Å². The molecule has 1 aliphatic rings. The Bertz CT molecular complexity index is 629. The topological polar surface area (TPSA) is 63.4 Å². The minimum absolute atomic E-state index is 0.0165. The second-order valence-corrected chi connectivity index (χ2v) is 7.27. The largest absolute Gasteiger partial charge is 0.396 e. The van der Waals surface area contributed by atoms with E-state index in [-0.39, 0.29) is 23.5 Å². The zero-order valence-corrected chi connectivity index (χ0v) is 12.3. The number of hydrogen-bond donors (Lipinski definition) is 1. The molecular formula is C13H17F3N2O2S. The maximum Gasteiger partial charge on any atom is 0.393 e. The Kier molecular flexibility index (Phi) is 4.10. The predicted octanol–water partition coefficient (Wildman–Crippen LogP) is 2.45. The molecule has 8 heteroatoms. The number of rotatable bonds is 2. The van der Waals surface area contributed by atoms with Crippen LogP contribution in [0.1, 0.15) is 12.8 Å². The minimum Gasteiger partial charge on any atom is -0.396 e. The van der Waals surface area contributed by atoms with Crippen LogP contribution in [-0.4, -0.2) is 33.9 Å². The van der Waals surface area contributed by atoms with Gasteiger partial charge in [-0.05, 0) is 25.0 Å². The third kappa shape index (κ3) is 3.42. The second kappa shape index (κ2) is 5.40. The first kappa shape index (κ1) is 15.9. The molecule has 118 valence electrons. The van der Waals surface area contributed by atoms with Crippen molar-refractivity contribution in [2.24, 2.45) is 5.92 Å². The van der Waals surface area contributed by atoms with Crippen molar-refractivity contribution in [2.45, 2.75) is 23.9 Å². The SMILES string of the molecule is CS(=O)(=O)c1cccc(N2CCCC(C(F)(F)F)C2)c1N. The molecule has 1 aliphatic heterocycles. The molecule has 2 rings (SSSR count). The lowest BCUT2D eigenvalue weighted by Crippen LogP contribution is -2.42. The van der Waals surface area contributed by atoms with Gasteiger partial charge in [0.1, 0.15) is 0 Å². The lowest BCUT2D eigenvalue weighted by atomic mass is 9.97. The molecule has 1 fully saturated rings. The Morgan fingerprint density at radius 1 is 1.33 bits per heavy atom. The number of benzene rings is 1. The molecule has 1 aromatic rings. The summed E-state index contributed by atoms with van der Waals surface area (Å²) in [5, 5.41) is 0. The summed E-state index contributed by atoms with van der Waals surface area (Å²) in [5.41, 5.74) is 6.22. The number of hydrogen-bond acceptors (Lipinski definition) is 4. The predicted molar refractivity (Wildman–Crippen MR) is 75.0 cm³/mol. The van der Waals surface area contributed by atoms with Crippen LogP contribution in [0, 0.1) is 5.92 Å². The van der Waals surface area contributed by atoms with Crippen LogP contribution in [0.5, 0.6) is 0 Å². The standard InChI is InChI=1S/C13H17F3N2O2S/c1-21(19,20)11-6-2-5-10(12(11)17)18-7-3-4-9(8-18)13(14,15)16/h2,5-6,9H,3-4,7-8,17H2,1H3. The highest BCUT2D eigenvalue weighted by Crippen LogP contribution is 2.37. The quantitative estimate of drug-likeness (QED) is 0.850. The van der Waals surface area contributed by atoms with Crippen molar-refractivity contribution in [1.82, 2.24) is 0 Å². The Morgan fingerprint density at radius 3 is 2.57 bits per heavy atom. The molecule has 0 spiro atoms. The average Bonchev–Trinajstić information content (AvgIpc) is 2.37. The maximum absolute atomic E-state index is 12.8. The van der Waals surface area contributed by atoms with E-state index in [4.69, 9.17) is 5.73 Å². The molecule has 0 aromatic heterocycles. The van der Waals surface area contributed by atoms with Crippen LogP contribution in [0.2, 0.25) is 0 Å². The number of anilines is 2. The molecule has 4 nitrogen and oxygen atoms in total. The van der Waals surface area contributed by atoms with Gasteiger partial charge in [0.05, 0.1) is 22.2 Å². The van der Waals surface area contributed by atoms with Crippen LogP contribution in [-0.2, 0) is 9.84 Å². The van der Waals surface area contributed by atoms with Gasteiger partial charge >= 0.3 is 6.18 Å². The van der Waals surface area contributed by atoms with Crippen molar-refractivity contribution in [2.75, 3.05) is 30.0 Å². The fourth-order valence-electron chi connectivity index (χ4n) is 2.59. The summed E-state index contributed by atoms with van der Waals surface area (Å²) in [7, 11) is -3.51. The highest BCUT2D eigenvalue weighted by atomic mass is 32.2. The molecule has 0 bridgehead atoms. The summed E-state index contributed by atoms with van der Waals surface area (Å²) < 4.78 is 61.8. The summed E-state index contributed by atoms with van der Waals surface area (Å²) in [6, 6.07) is 4.42. The number of para-hydroxylation sites is 1. The first-order valence-corrected chi connectivity index (χ1v) is 8.40. The first-order chi connectivity index (χ1) is 9.60. The van der Waals surface area contributed by atoms with Crippen molar-refractivity contribution >= 4 is 21.2 Å². The molecule has 21 heavy (non-hydrogen) atoms. The number of piperidine rings is 1. The summed E-state index contributed by atoms with van der Waals surface area (Å²) >= 11 is 0. The number of sulfone groups is 1. The molecule has 0 aliphatic carbocycles. The van der Waals surface area contributed by atoms with Gasteiger partial charge in [0.25, 0.3) is 0 Å².